The molecular weight excluding hydrogens is 284 g/mol. The molecule has 0 spiro atoms. The summed E-state index contributed by atoms with van der Waals surface area (Å²) in [5, 5.41) is 9.50. The highest BCUT2D eigenvalue weighted by molar-refractivity contribution is 7.11. The predicted molar refractivity (Wildman–Crippen MR) is 80.8 cm³/mol. The molecule has 98 valence electrons. The Kier molecular flexibility index (Phi) is 5.18. The zero-order valence-electron chi connectivity index (χ0n) is 10.6. The van der Waals surface area contributed by atoms with E-state index in [9.17, 15) is 0 Å². The van der Waals surface area contributed by atoms with Gasteiger partial charge in [-0.1, -0.05) is 25.4 Å². The molecule has 0 aliphatic carbocycles. The molecule has 0 unspecified atom stereocenters. The first-order valence-electron chi connectivity index (χ1n) is 6.00. The van der Waals surface area contributed by atoms with Gasteiger partial charge < -0.3 is 5.32 Å². The van der Waals surface area contributed by atoms with Gasteiger partial charge in [0.25, 0.3) is 0 Å². The van der Waals surface area contributed by atoms with Gasteiger partial charge >= 0.3 is 0 Å². The minimum atomic E-state index is 0.677. The molecule has 18 heavy (non-hydrogen) atoms. The Morgan fingerprint density at radius 2 is 2.17 bits per heavy atom. The highest BCUT2D eigenvalue weighted by Crippen LogP contribution is 2.23. The second kappa shape index (κ2) is 6.66. The van der Waals surface area contributed by atoms with E-state index in [0.29, 0.717) is 5.92 Å². The number of aromatic nitrogens is 1. The van der Waals surface area contributed by atoms with E-state index in [1.165, 1.54) is 4.88 Å². The number of nitrogens with zero attached hydrogens (tertiary/aromatic N) is 1. The molecule has 0 bridgehead atoms. The standard InChI is InChI=1S/C13H17ClN2S2/c1-9(2)5-15-6-11-8-18-13(16-11)4-12-3-10(14)7-17-12/h3,7-9,15H,4-6H2,1-2H3. The fourth-order valence-corrected chi connectivity index (χ4v) is 3.58. The topological polar surface area (TPSA) is 24.9 Å². The van der Waals surface area contributed by atoms with Gasteiger partial charge in [0.15, 0.2) is 0 Å². The van der Waals surface area contributed by atoms with Gasteiger partial charge in [-0.05, 0) is 18.5 Å². The smallest absolute Gasteiger partial charge is 0.0981 e. The Bertz CT molecular complexity index is 491. The zero-order valence-corrected chi connectivity index (χ0v) is 13.0. The van der Waals surface area contributed by atoms with Crippen molar-refractivity contribution < 1.29 is 0 Å². The van der Waals surface area contributed by atoms with Crippen LogP contribution in [0.15, 0.2) is 16.8 Å². The number of rotatable bonds is 6. The fraction of sp³-hybridized carbons (Fsp3) is 0.462. The molecule has 5 heteroatoms. The van der Waals surface area contributed by atoms with Gasteiger partial charge in [-0.25, -0.2) is 4.98 Å². The van der Waals surface area contributed by atoms with Crippen molar-refractivity contribution in [2.24, 2.45) is 5.92 Å². The van der Waals surface area contributed by atoms with E-state index in [2.05, 4.69) is 29.5 Å². The highest BCUT2D eigenvalue weighted by atomic mass is 35.5. The molecule has 2 heterocycles. The predicted octanol–water partition coefficient (Wildman–Crippen LogP) is 4.19. The van der Waals surface area contributed by atoms with Crippen molar-refractivity contribution in [1.29, 1.82) is 0 Å². The van der Waals surface area contributed by atoms with E-state index in [4.69, 9.17) is 11.6 Å². The summed E-state index contributed by atoms with van der Waals surface area (Å²) in [6, 6.07) is 2.02. The van der Waals surface area contributed by atoms with Crippen molar-refractivity contribution in [1.82, 2.24) is 10.3 Å². The molecule has 0 atom stereocenters. The molecule has 1 N–H and O–H groups in total. The largest absolute Gasteiger partial charge is 0.311 e. The van der Waals surface area contributed by atoms with Crippen LogP contribution in [0.1, 0.15) is 29.4 Å². The summed E-state index contributed by atoms with van der Waals surface area (Å²) >= 11 is 9.33. The lowest BCUT2D eigenvalue weighted by Gasteiger charge is -2.04. The lowest BCUT2D eigenvalue weighted by Crippen LogP contribution is -2.19. The summed E-state index contributed by atoms with van der Waals surface area (Å²) in [5.41, 5.74) is 1.14. The third kappa shape index (κ3) is 4.35. The molecule has 0 aliphatic heterocycles. The maximum Gasteiger partial charge on any atom is 0.0981 e. The van der Waals surface area contributed by atoms with Crippen LogP contribution in [0.5, 0.6) is 0 Å². The van der Waals surface area contributed by atoms with Crippen molar-refractivity contribution >= 4 is 34.3 Å². The quantitative estimate of drug-likeness (QED) is 0.865. The maximum atomic E-state index is 5.91. The number of hydrogen-bond acceptors (Lipinski definition) is 4. The normalized spacial score (nSPS) is 11.3. The molecule has 2 nitrogen and oxygen atoms in total. The molecule has 0 saturated carbocycles. The van der Waals surface area contributed by atoms with E-state index in [1.807, 2.05) is 11.4 Å². The van der Waals surface area contributed by atoms with E-state index < -0.39 is 0 Å². The third-order valence-electron chi connectivity index (χ3n) is 2.41. The highest BCUT2D eigenvalue weighted by Gasteiger charge is 2.05. The first-order valence-corrected chi connectivity index (χ1v) is 8.14. The fourth-order valence-electron chi connectivity index (χ4n) is 1.60. The molecule has 2 aromatic rings. The average molecular weight is 301 g/mol. The molecular formula is C13H17ClN2S2. The van der Waals surface area contributed by atoms with E-state index in [0.717, 1.165) is 35.2 Å². The number of thiazole rings is 1. The molecule has 0 fully saturated rings. The van der Waals surface area contributed by atoms with Crippen LogP contribution in [0.3, 0.4) is 0 Å². The molecule has 2 aromatic heterocycles. The molecule has 0 aliphatic rings. The summed E-state index contributed by atoms with van der Waals surface area (Å²) in [7, 11) is 0. The van der Waals surface area contributed by atoms with Crippen LogP contribution in [0.2, 0.25) is 5.02 Å². The monoisotopic (exact) mass is 300 g/mol. The number of halogens is 1. The second-order valence-corrected chi connectivity index (χ2v) is 7.04. The molecule has 0 radical (unpaired) electrons. The Balaban J connectivity index is 1.86. The SMILES string of the molecule is CC(C)CNCc1csc(Cc2cc(Cl)cs2)n1. The first-order chi connectivity index (χ1) is 8.63. The van der Waals surface area contributed by atoms with Crippen LogP contribution in [0.4, 0.5) is 0 Å². The Labute approximate surface area is 121 Å². The maximum absolute atomic E-state index is 5.91. The van der Waals surface area contributed by atoms with Gasteiger partial charge in [-0.2, -0.15) is 0 Å². The van der Waals surface area contributed by atoms with E-state index in [1.54, 1.807) is 22.7 Å². The van der Waals surface area contributed by atoms with Crippen molar-refractivity contribution in [3.63, 3.8) is 0 Å². The van der Waals surface area contributed by atoms with E-state index in [-0.39, 0.29) is 0 Å². The Morgan fingerprint density at radius 1 is 1.33 bits per heavy atom. The molecule has 0 amide bonds. The lowest BCUT2D eigenvalue weighted by molar-refractivity contribution is 0.549. The number of hydrogen-bond donors (Lipinski definition) is 1. The van der Waals surface area contributed by atoms with Gasteiger partial charge in [0, 0.05) is 28.6 Å². The summed E-state index contributed by atoms with van der Waals surface area (Å²) in [6.45, 7) is 6.31. The minimum Gasteiger partial charge on any atom is -0.311 e. The van der Waals surface area contributed by atoms with Gasteiger partial charge in [0.05, 0.1) is 15.7 Å². The summed E-state index contributed by atoms with van der Waals surface area (Å²) in [4.78, 5) is 5.91. The number of thiophene rings is 1. The summed E-state index contributed by atoms with van der Waals surface area (Å²) in [6.07, 6.45) is 0.895. The van der Waals surface area contributed by atoms with Crippen molar-refractivity contribution in [3.8, 4) is 0 Å². The Hall–Kier alpha value is -0.420. The second-order valence-electron chi connectivity index (χ2n) is 4.67. The molecule has 0 saturated heterocycles. The van der Waals surface area contributed by atoms with E-state index >= 15 is 0 Å². The van der Waals surface area contributed by atoms with Crippen LogP contribution in [-0.2, 0) is 13.0 Å². The molecule has 2 rings (SSSR count). The molecule has 0 aromatic carbocycles. The van der Waals surface area contributed by atoms with Crippen molar-refractivity contribution in [2.45, 2.75) is 26.8 Å². The first kappa shape index (κ1) is 14.0. The third-order valence-corrected chi connectivity index (χ3v) is 4.59. The summed E-state index contributed by atoms with van der Waals surface area (Å²) < 4.78 is 0. The van der Waals surface area contributed by atoms with Crippen molar-refractivity contribution in [3.05, 3.63) is 37.4 Å². The van der Waals surface area contributed by atoms with Gasteiger partial charge in [0.2, 0.25) is 0 Å². The zero-order chi connectivity index (χ0) is 13.0. The van der Waals surface area contributed by atoms with Crippen molar-refractivity contribution in [2.75, 3.05) is 6.54 Å². The van der Waals surface area contributed by atoms with Crippen LogP contribution in [-0.4, -0.2) is 11.5 Å². The minimum absolute atomic E-state index is 0.677. The van der Waals surface area contributed by atoms with Crippen LogP contribution in [0, 0.1) is 5.92 Å². The van der Waals surface area contributed by atoms with Crippen LogP contribution in [0.25, 0.3) is 0 Å². The van der Waals surface area contributed by atoms with Gasteiger partial charge in [-0.15, -0.1) is 22.7 Å². The Morgan fingerprint density at radius 3 is 2.83 bits per heavy atom. The average Bonchev–Trinajstić information content (AvgIpc) is 2.89. The van der Waals surface area contributed by atoms with Crippen LogP contribution >= 0.6 is 34.3 Å². The lowest BCUT2D eigenvalue weighted by atomic mass is 10.2. The number of nitrogens with one attached hydrogen (secondary N) is 1. The van der Waals surface area contributed by atoms with Gasteiger partial charge in [-0.3, -0.25) is 0 Å². The summed E-state index contributed by atoms with van der Waals surface area (Å²) in [5.74, 6) is 0.677. The van der Waals surface area contributed by atoms with Crippen LogP contribution < -0.4 is 5.32 Å². The van der Waals surface area contributed by atoms with Gasteiger partial charge in [0.1, 0.15) is 0 Å².